The van der Waals surface area contributed by atoms with Gasteiger partial charge in [0, 0.05) is 18.2 Å². The molecule has 1 fully saturated rings. The maximum absolute atomic E-state index is 10.8. The molecule has 2 rings (SSSR count). The van der Waals surface area contributed by atoms with Gasteiger partial charge in [-0.25, -0.2) is 9.97 Å². The summed E-state index contributed by atoms with van der Waals surface area (Å²) in [5.41, 5.74) is 6.55. The second-order valence-electron chi connectivity index (χ2n) is 5.77. The van der Waals surface area contributed by atoms with Gasteiger partial charge in [0.25, 0.3) is 0 Å². The first kappa shape index (κ1) is 14.4. The van der Waals surface area contributed by atoms with Crippen LogP contribution in [0.25, 0.3) is 0 Å². The SMILES string of the molecule is Cc1nccc(C(O)C2(CN)CCCCCCC2)n1. The van der Waals surface area contributed by atoms with Crippen LogP contribution in [0.5, 0.6) is 0 Å². The highest BCUT2D eigenvalue weighted by Gasteiger charge is 2.38. The molecule has 0 bridgehead atoms. The number of nitrogens with zero attached hydrogens (tertiary/aromatic N) is 2. The number of nitrogens with two attached hydrogens (primary N) is 1. The molecule has 0 spiro atoms. The number of hydrogen-bond donors (Lipinski definition) is 2. The van der Waals surface area contributed by atoms with Crippen LogP contribution in [-0.4, -0.2) is 21.6 Å². The quantitative estimate of drug-likeness (QED) is 0.879. The normalized spacial score (nSPS) is 21.4. The molecule has 4 heteroatoms. The Morgan fingerprint density at radius 1 is 1.26 bits per heavy atom. The van der Waals surface area contributed by atoms with E-state index in [1.165, 1.54) is 19.3 Å². The third kappa shape index (κ3) is 3.31. The highest BCUT2D eigenvalue weighted by Crippen LogP contribution is 2.43. The van der Waals surface area contributed by atoms with E-state index in [0.717, 1.165) is 31.4 Å². The van der Waals surface area contributed by atoms with Crippen molar-refractivity contribution in [2.24, 2.45) is 11.1 Å². The lowest BCUT2D eigenvalue weighted by molar-refractivity contribution is 0.00535. The highest BCUT2D eigenvalue weighted by atomic mass is 16.3. The molecule has 1 atom stereocenters. The van der Waals surface area contributed by atoms with Crippen molar-refractivity contribution in [1.29, 1.82) is 0 Å². The van der Waals surface area contributed by atoms with Crippen LogP contribution in [0.15, 0.2) is 12.3 Å². The van der Waals surface area contributed by atoms with E-state index in [4.69, 9.17) is 5.73 Å². The number of rotatable bonds is 3. The van der Waals surface area contributed by atoms with Crippen molar-refractivity contribution in [1.82, 2.24) is 9.97 Å². The maximum Gasteiger partial charge on any atom is 0.125 e. The van der Waals surface area contributed by atoms with E-state index in [1.807, 2.05) is 13.0 Å². The Morgan fingerprint density at radius 2 is 1.89 bits per heavy atom. The van der Waals surface area contributed by atoms with Gasteiger partial charge in [-0.15, -0.1) is 0 Å². The molecule has 1 aromatic heterocycles. The first-order valence-corrected chi connectivity index (χ1v) is 7.36. The van der Waals surface area contributed by atoms with Crippen molar-refractivity contribution < 1.29 is 5.11 Å². The zero-order valence-electron chi connectivity index (χ0n) is 11.8. The molecule has 0 aromatic carbocycles. The molecule has 1 unspecified atom stereocenters. The van der Waals surface area contributed by atoms with E-state index in [9.17, 15) is 5.11 Å². The molecule has 1 saturated carbocycles. The van der Waals surface area contributed by atoms with Gasteiger partial charge in [-0.05, 0) is 25.8 Å². The smallest absolute Gasteiger partial charge is 0.125 e. The lowest BCUT2D eigenvalue weighted by Gasteiger charge is -2.38. The Hall–Kier alpha value is -1.00. The van der Waals surface area contributed by atoms with Crippen molar-refractivity contribution >= 4 is 0 Å². The second kappa shape index (κ2) is 6.44. The lowest BCUT2D eigenvalue weighted by Crippen LogP contribution is -2.38. The average Bonchev–Trinajstić information content (AvgIpc) is 2.39. The molecule has 1 heterocycles. The molecule has 106 valence electrons. The van der Waals surface area contributed by atoms with Gasteiger partial charge in [0.15, 0.2) is 0 Å². The monoisotopic (exact) mass is 263 g/mol. The topological polar surface area (TPSA) is 72.0 Å². The minimum atomic E-state index is -0.572. The van der Waals surface area contributed by atoms with Gasteiger partial charge in [0.2, 0.25) is 0 Å². The summed E-state index contributed by atoms with van der Waals surface area (Å²) in [7, 11) is 0. The second-order valence-corrected chi connectivity index (χ2v) is 5.77. The number of aromatic nitrogens is 2. The Bertz CT molecular complexity index is 400. The van der Waals surface area contributed by atoms with Gasteiger partial charge < -0.3 is 10.8 Å². The predicted molar refractivity (Wildman–Crippen MR) is 75.5 cm³/mol. The summed E-state index contributed by atoms with van der Waals surface area (Å²) in [6.07, 6.45) is 9.24. The van der Waals surface area contributed by atoms with Crippen LogP contribution in [-0.2, 0) is 0 Å². The molecule has 1 aromatic rings. The fourth-order valence-electron chi connectivity index (χ4n) is 3.14. The van der Waals surface area contributed by atoms with E-state index in [1.54, 1.807) is 6.20 Å². The Labute approximate surface area is 115 Å². The molecular weight excluding hydrogens is 238 g/mol. The predicted octanol–water partition coefficient (Wildman–Crippen LogP) is 2.51. The third-order valence-corrected chi connectivity index (χ3v) is 4.41. The summed E-state index contributed by atoms with van der Waals surface area (Å²) in [5.74, 6) is 0.703. The first-order valence-electron chi connectivity index (χ1n) is 7.36. The van der Waals surface area contributed by atoms with E-state index in [0.29, 0.717) is 12.4 Å². The molecular formula is C15H25N3O. The zero-order chi connectivity index (χ0) is 13.7. The van der Waals surface area contributed by atoms with Gasteiger partial charge >= 0.3 is 0 Å². The Kier molecular flexibility index (Phi) is 4.88. The van der Waals surface area contributed by atoms with Gasteiger partial charge in [0.05, 0.1) is 5.69 Å². The van der Waals surface area contributed by atoms with Crippen molar-refractivity contribution in [3.05, 3.63) is 23.8 Å². The fraction of sp³-hybridized carbons (Fsp3) is 0.733. The van der Waals surface area contributed by atoms with Gasteiger partial charge in [0.1, 0.15) is 11.9 Å². The first-order chi connectivity index (χ1) is 9.18. The molecule has 0 radical (unpaired) electrons. The standard InChI is InChI=1S/C15H25N3O/c1-12-17-10-7-13(18-12)14(19)15(11-16)8-5-3-2-4-6-9-15/h7,10,14,19H,2-6,8-9,11,16H2,1H3. The van der Waals surface area contributed by atoms with Crippen LogP contribution in [0.4, 0.5) is 0 Å². The molecule has 19 heavy (non-hydrogen) atoms. The van der Waals surface area contributed by atoms with Crippen LogP contribution in [0, 0.1) is 12.3 Å². The van der Waals surface area contributed by atoms with Crippen LogP contribution in [0.3, 0.4) is 0 Å². The van der Waals surface area contributed by atoms with Gasteiger partial charge in [-0.2, -0.15) is 0 Å². The van der Waals surface area contributed by atoms with Crippen molar-refractivity contribution in [2.75, 3.05) is 6.54 Å². The van der Waals surface area contributed by atoms with Crippen LogP contribution < -0.4 is 5.73 Å². The van der Waals surface area contributed by atoms with Gasteiger partial charge in [-0.3, -0.25) is 0 Å². The van der Waals surface area contributed by atoms with E-state index in [-0.39, 0.29) is 5.41 Å². The Morgan fingerprint density at radius 3 is 2.47 bits per heavy atom. The molecule has 0 amide bonds. The zero-order valence-corrected chi connectivity index (χ0v) is 11.8. The van der Waals surface area contributed by atoms with Crippen molar-refractivity contribution in [3.8, 4) is 0 Å². The number of aliphatic hydroxyl groups excluding tert-OH is 1. The van der Waals surface area contributed by atoms with Crippen LogP contribution >= 0.6 is 0 Å². The van der Waals surface area contributed by atoms with E-state index in [2.05, 4.69) is 9.97 Å². The summed E-state index contributed by atoms with van der Waals surface area (Å²) in [6.45, 7) is 2.38. The number of aliphatic hydroxyl groups is 1. The molecule has 0 saturated heterocycles. The molecule has 1 aliphatic carbocycles. The lowest BCUT2D eigenvalue weighted by atomic mass is 9.71. The Balaban J connectivity index is 2.22. The third-order valence-electron chi connectivity index (χ3n) is 4.41. The number of aryl methyl sites for hydroxylation is 1. The largest absolute Gasteiger partial charge is 0.386 e. The highest BCUT2D eigenvalue weighted by molar-refractivity contribution is 5.10. The van der Waals surface area contributed by atoms with Crippen LogP contribution in [0.2, 0.25) is 0 Å². The maximum atomic E-state index is 10.8. The molecule has 4 nitrogen and oxygen atoms in total. The average molecular weight is 263 g/mol. The molecule has 0 aliphatic heterocycles. The van der Waals surface area contributed by atoms with Crippen LogP contribution in [0.1, 0.15) is 62.6 Å². The summed E-state index contributed by atoms with van der Waals surface area (Å²) in [4.78, 5) is 8.47. The summed E-state index contributed by atoms with van der Waals surface area (Å²) in [6, 6.07) is 1.81. The fourth-order valence-corrected chi connectivity index (χ4v) is 3.14. The summed E-state index contributed by atoms with van der Waals surface area (Å²) >= 11 is 0. The molecule has 1 aliphatic rings. The minimum Gasteiger partial charge on any atom is -0.386 e. The minimum absolute atomic E-state index is 0.207. The van der Waals surface area contributed by atoms with E-state index >= 15 is 0 Å². The van der Waals surface area contributed by atoms with Crippen molar-refractivity contribution in [3.63, 3.8) is 0 Å². The summed E-state index contributed by atoms with van der Waals surface area (Å²) in [5, 5.41) is 10.8. The van der Waals surface area contributed by atoms with Crippen molar-refractivity contribution in [2.45, 2.75) is 58.0 Å². The van der Waals surface area contributed by atoms with Gasteiger partial charge in [-0.1, -0.05) is 32.1 Å². The summed E-state index contributed by atoms with van der Waals surface area (Å²) < 4.78 is 0. The molecule has 3 N–H and O–H groups in total. The number of hydrogen-bond acceptors (Lipinski definition) is 4. The van der Waals surface area contributed by atoms with E-state index < -0.39 is 6.10 Å².